The fraction of sp³-hybridized carbons (Fsp3) is 0.333. The number of amides is 2. The van der Waals surface area contributed by atoms with E-state index in [1.54, 1.807) is 32.2 Å². The molecule has 0 aliphatic rings. The standard InChI is InChI=1S/C12H16N2O5/c1-7-5-8(19-2)3-4-9(7)14-12(18)13-6-10(15)11(16)17/h3-5,10,15H,6H2,1-2H3,(H,16,17)(H2,13,14,18). The summed E-state index contributed by atoms with van der Waals surface area (Å²) in [6.07, 6.45) is -1.62. The minimum Gasteiger partial charge on any atom is -0.497 e. The summed E-state index contributed by atoms with van der Waals surface area (Å²) in [5, 5.41) is 22.3. The summed E-state index contributed by atoms with van der Waals surface area (Å²) in [7, 11) is 1.54. The Labute approximate surface area is 110 Å². The van der Waals surface area contributed by atoms with Crippen molar-refractivity contribution in [3.8, 4) is 5.75 Å². The van der Waals surface area contributed by atoms with Crippen LogP contribution >= 0.6 is 0 Å². The van der Waals surface area contributed by atoms with E-state index in [0.29, 0.717) is 11.4 Å². The molecule has 0 bridgehead atoms. The van der Waals surface area contributed by atoms with Crippen LogP contribution in [0.15, 0.2) is 18.2 Å². The van der Waals surface area contributed by atoms with Gasteiger partial charge in [0.1, 0.15) is 5.75 Å². The van der Waals surface area contributed by atoms with Crippen molar-refractivity contribution in [2.24, 2.45) is 0 Å². The number of rotatable bonds is 5. The molecule has 1 atom stereocenters. The molecule has 0 saturated heterocycles. The molecule has 1 aromatic carbocycles. The minimum atomic E-state index is -1.62. The number of aliphatic hydroxyl groups excluding tert-OH is 1. The molecule has 1 unspecified atom stereocenters. The van der Waals surface area contributed by atoms with Crippen molar-refractivity contribution in [2.75, 3.05) is 19.0 Å². The van der Waals surface area contributed by atoms with E-state index in [1.807, 2.05) is 0 Å². The molecule has 1 rings (SSSR count). The Morgan fingerprint density at radius 3 is 2.63 bits per heavy atom. The number of ether oxygens (including phenoxy) is 1. The highest BCUT2D eigenvalue weighted by Crippen LogP contribution is 2.20. The van der Waals surface area contributed by atoms with Gasteiger partial charge in [0.2, 0.25) is 0 Å². The van der Waals surface area contributed by atoms with Crippen LogP contribution in [0.3, 0.4) is 0 Å². The average molecular weight is 268 g/mol. The zero-order chi connectivity index (χ0) is 14.4. The second-order valence-electron chi connectivity index (χ2n) is 3.87. The summed E-state index contributed by atoms with van der Waals surface area (Å²) in [5.41, 5.74) is 1.37. The fourth-order valence-electron chi connectivity index (χ4n) is 1.35. The molecule has 104 valence electrons. The fourth-order valence-corrected chi connectivity index (χ4v) is 1.35. The number of carbonyl (C=O) groups excluding carboxylic acids is 1. The molecular weight excluding hydrogens is 252 g/mol. The van der Waals surface area contributed by atoms with Crippen LogP contribution in [-0.4, -0.2) is 42.0 Å². The summed E-state index contributed by atoms with van der Waals surface area (Å²) < 4.78 is 5.03. The Kier molecular flexibility index (Phi) is 5.13. The number of aliphatic hydroxyl groups is 1. The normalized spacial score (nSPS) is 11.5. The molecule has 7 nitrogen and oxygen atoms in total. The van der Waals surface area contributed by atoms with Crippen LogP contribution in [0.25, 0.3) is 0 Å². The van der Waals surface area contributed by atoms with E-state index >= 15 is 0 Å². The largest absolute Gasteiger partial charge is 0.497 e. The van der Waals surface area contributed by atoms with E-state index in [9.17, 15) is 9.59 Å². The predicted molar refractivity (Wildman–Crippen MR) is 68.4 cm³/mol. The van der Waals surface area contributed by atoms with Gasteiger partial charge in [0.25, 0.3) is 0 Å². The van der Waals surface area contributed by atoms with Crippen molar-refractivity contribution in [1.82, 2.24) is 5.32 Å². The lowest BCUT2D eigenvalue weighted by atomic mass is 10.2. The first-order valence-electron chi connectivity index (χ1n) is 5.54. The van der Waals surface area contributed by atoms with Crippen LogP contribution in [0.2, 0.25) is 0 Å². The van der Waals surface area contributed by atoms with Gasteiger partial charge in [-0.15, -0.1) is 0 Å². The molecule has 4 N–H and O–H groups in total. The van der Waals surface area contributed by atoms with E-state index < -0.39 is 18.1 Å². The number of carboxylic acid groups (broad SMARTS) is 1. The molecule has 0 aromatic heterocycles. The van der Waals surface area contributed by atoms with Crippen molar-refractivity contribution in [3.63, 3.8) is 0 Å². The number of carbonyl (C=O) groups is 2. The van der Waals surface area contributed by atoms with Gasteiger partial charge in [0.05, 0.1) is 13.7 Å². The number of urea groups is 1. The Bertz CT molecular complexity index is 475. The van der Waals surface area contributed by atoms with Crippen LogP contribution in [0.1, 0.15) is 5.56 Å². The van der Waals surface area contributed by atoms with Crippen LogP contribution in [-0.2, 0) is 4.79 Å². The first kappa shape index (κ1) is 14.8. The second-order valence-corrected chi connectivity index (χ2v) is 3.87. The number of hydrogen-bond donors (Lipinski definition) is 4. The zero-order valence-electron chi connectivity index (χ0n) is 10.6. The van der Waals surface area contributed by atoms with Gasteiger partial charge in [-0.05, 0) is 30.7 Å². The average Bonchev–Trinajstić information content (AvgIpc) is 2.38. The molecule has 19 heavy (non-hydrogen) atoms. The number of anilines is 1. The van der Waals surface area contributed by atoms with Crippen molar-refractivity contribution in [1.29, 1.82) is 0 Å². The maximum atomic E-state index is 11.5. The Hall–Kier alpha value is -2.28. The van der Waals surface area contributed by atoms with Crippen LogP contribution in [0, 0.1) is 6.92 Å². The lowest BCUT2D eigenvalue weighted by molar-refractivity contribution is -0.146. The van der Waals surface area contributed by atoms with E-state index in [4.69, 9.17) is 14.9 Å². The highest BCUT2D eigenvalue weighted by atomic mass is 16.5. The van der Waals surface area contributed by atoms with Gasteiger partial charge in [-0.1, -0.05) is 0 Å². The van der Waals surface area contributed by atoms with Crippen LogP contribution < -0.4 is 15.4 Å². The van der Waals surface area contributed by atoms with Gasteiger partial charge in [0.15, 0.2) is 6.10 Å². The first-order chi connectivity index (χ1) is 8.93. The first-order valence-corrected chi connectivity index (χ1v) is 5.54. The van der Waals surface area contributed by atoms with Crippen molar-refractivity contribution in [2.45, 2.75) is 13.0 Å². The SMILES string of the molecule is COc1ccc(NC(=O)NCC(O)C(=O)O)c(C)c1. The highest BCUT2D eigenvalue weighted by molar-refractivity contribution is 5.90. The van der Waals surface area contributed by atoms with Crippen molar-refractivity contribution in [3.05, 3.63) is 23.8 Å². The Morgan fingerprint density at radius 1 is 1.42 bits per heavy atom. The molecule has 0 heterocycles. The monoisotopic (exact) mass is 268 g/mol. The predicted octanol–water partition coefficient (Wildman–Crippen LogP) is 0.571. The topological polar surface area (TPSA) is 108 Å². The molecule has 0 aliphatic carbocycles. The highest BCUT2D eigenvalue weighted by Gasteiger charge is 2.14. The Balaban J connectivity index is 2.55. The number of nitrogens with one attached hydrogen (secondary N) is 2. The van der Waals surface area contributed by atoms with Gasteiger partial charge in [-0.25, -0.2) is 9.59 Å². The summed E-state index contributed by atoms with van der Waals surface area (Å²) in [6, 6.07) is 4.52. The van der Waals surface area contributed by atoms with E-state index in [0.717, 1.165) is 5.56 Å². The van der Waals surface area contributed by atoms with Gasteiger partial charge < -0.3 is 25.6 Å². The van der Waals surface area contributed by atoms with E-state index in [2.05, 4.69) is 10.6 Å². The molecule has 0 fully saturated rings. The summed E-state index contributed by atoms with van der Waals surface area (Å²) in [4.78, 5) is 21.8. The molecule has 0 saturated carbocycles. The summed E-state index contributed by atoms with van der Waals surface area (Å²) in [6.45, 7) is 1.43. The number of benzene rings is 1. The molecule has 0 aliphatic heterocycles. The Morgan fingerprint density at radius 2 is 2.11 bits per heavy atom. The molecule has 7 heteroatoms. The number of carboxylic acids is 1. The molecule has 0 spiro atoms. The van der Waals surface area contributed by atoms with E-state index in [1.165, 1.54) is 0 Å². The van der Waals surface area contributed by atoms with E-state index in [-0.39, 0.29) is 6.54 Å². The number of aliphatic carboxylic acids is 1. The third-order valence-electron chi connectivity index (χ3n) is 2.42. The third-order valence-corrected chi connectivity index (χ3v) is 2.42. The van der Waals surface area contributed by atoms with Gasteiger partial charge >= 0.3 is 12.0 Å². The maximum absolute atomic E-state index is 11.5. The van der Waals surface area contributed by atoms with Crippen molar-refractivity contribution < 1.29 is 24.5 Å². The number of hydrogen-bond acceptors (Lipinski definition) is 4. The maximum Gasteiger partial charge on any atom is 0.334 e. The lowest BCUT2D eigenvalue weighted by Gasteiger charge is -2.12. The number of methoxy groups -OCH3 is 1. The van der Waals surface area contributed by atoms with Crippen molar-refractivity contribution >= 4 is 17.7 Å². The van der Waals surface area contributed by atoms with Gasteiger partial charge in [-0.3, -0.25) is 0 Å². The molecule has 2 amide bonds. The zero-order valence-corrected chi connectivity index (χ0v) is 10.6. The van der Waals surface area contributed by atoms with Gasteiger partial charge in [-0.2, -0.15) is 0 Å². The molecule has 1 aromatic rings. The second kappa shape index (κ2) is 6.60. The summed E-state index contributed by atoms with van der Waals surface area (Å²) >= 11 is 0. The lowest BCUT2D eigenvalue weighted by Crippen LogP contribution is -2.38. The smallest absolute Gasteiger partial charge is 0.334 e. The number of aryl methyl sites for hydroxylation is 1. The summed E-state index contributed by atoms with van der Waals surface area (Å²) in [5.74, 6) is -0.717. The molecular formula is C12H16N2O5. The third kappa shape index (κ3) is 4.47. The van der Waals surface area contributed by atoms with Gasteiger partial charge in [0, 0.05) is 5.69 Å². The quantitative estimate of drug-likeness (QED) is 0.624. The minimum absolute atomic E-state index is 0.365. The van der Waals surface area contributed by atoms with Crippen LogP contribution in [0.5, 0.6) is 5.75 Å². The van der Waals surface area contributed by atoms with Crippen LogP contribution in [0.4, 0.5) is 10.5 Å². The molecule has 0 radical (unpaired) electrons.